The standard InChI is InChI=1S/C15H14F4N2/c1-10-3-2-4-13(21-10)9-20-8-11-5-6-12(16)7-14(11)15(17,18)19/h2-7,20H,8-9H2,1H3. The van der Waals surface area contributed by atoms with Gasteiger partial charge in [0.1, 0.15) is 5.82 Å². The van der Waals surface area contributed by atoms with E-state index in [1.165, 1.54) is 0 Å². The maximum atomic E-state index is 13.0. The van der Waals surface area contributed by atoms with E-state index in [0.29, 0.717) is 12.6 Å². The summed E-state index contributed by atoms with van der Waals surface area (Å²) in [6.07, 6.45) is -4.57. The second kappa shape index (κ2) is 6.22. The highest BCUT2D eigenvalue weighted by Gasteiger charge is 2.33. The van der Waals surface area contributed by atoms with Crippen LogP contribution in [0.3, 0.4) is 0 Å². The average molecular weight is 298 g/mol. The molecule has 0 spiro atoms. The molecule has 0 fully saturated rings. The third-order valence-corrected chi connectivity index (χ3v) is 2.94. The molecule has 0 saturated heterocycles. The van der Waals surface area contributed by atoms with Crippen LogP contribution in [0.5, 0.6) is 0 Å². The Kier molecular flexibility index (Phi) is 4.57. The molecule has 0 aliphatic rings. The predicted molar refractivity (Wildman–Crippen MR) is 70.9 cm³/mol. The number of halogens is 4. The van der Waals surface area contributed by atoms with Gasteiger partial charge < -0.3 is 5.32 Å². The lowest BCUT2D eigenvalue weighted by Gasteiger charge is -2.13. The Bertz CT molecular complexity index is 623. The van der Waals surface area contributed by atoms with Crippen LogP contribution in [-0.4, -0.2) is 4.98 Å². The molecule has 0 unspecified atom stereocenters. The third kappa shape index (κ3) is 4.26. The molecule has 1 heterocycles. The van der Waals surface area contributed by atoms with Gasteiger partial charge in [0, 0.05) is 18.8 Å². The molecule has 0 aliphatic carbocycles. The minimum absolute atomic E-state index is 0.00918. The molecule has 0 saturated carbocycles. The fourth-order valence-corrected chi connectivity index (χ4v) is 1.99. The normalized spacial score (nSPS) is 11.7. The number of nitrogens with one attached hydrogen (secondary N) is 1. The van der Waals surface area contributed by atoms with Crippen molar-refractivity contribution in [2.24, 2.45) is 0 Å². The molecule has 0 radical (unpaired) electrons. The highest BCUT2D eigenvalue weighted by Crippen LogP contribution is 2.32. The summed E-state index contributed by atoms with van der Waals surface area (Å²) in [5.74, 6) is -0.897. The van der Waals surface area contributed by atoms with Gasteiger partial charge >= 0.3 is 6.18 Å². The Morgan fingerprint density at radius 1 is 1.10 bits per heavy atom. The van der Waals surface area contributed by atoms with Gasteiger partial charge in [-0.25, -0.2) is 4.39 Å². The van der Waals surface area contributed by atoms with E-state index in [4.69, 9.17) is 0 Å². The van der Waals surface area contributed by atoms with E-state index in [2.05, 4.69) is 10.3 Å². The molecule has 1 aromatic carbocycles. The van der Waals surface area contributed by atoms with Gasteiger partial charge in [-0.15, -0.1) is 0 Å². The van der Waals surface area contributed by atoms with Gasteiger partial charge in [-0.2, -0.15) is 13.2 Å². The Morgan fingerprint density at radius 3 is 2.52 bits per heavy atom. The summed E-state index contributed by atoms with van der Waals surface area (Å²) in [5, 5.41) is 2.89. The van der Waals surface area contributed by atoms with Crippen LogP contribution in [0.15, 0.2) is 36.4 Å². The number of aromatic nitrogens is 1. The smallest absolute Gasteiger partial charge is 0.307 e. The molecule has 1 aromatic heterocycles. The van der Waals surface area contributed by atoms with Crippen LogP contribution in [0, 0.1) is 12.7 Å². The van der Waals surface area contributed by atoms with Crippen molar-refractivity contribution >= 4 is 0 Å². The number of pyridine rings is 1. The summed E-state index contributed by atoms with van der Waals surface area (Å²) in [6.45, 7) is 2.17. The molecular weight excluding hydrogens is 284 g/mol. The SMILES string of the molecule is Cc1cccc(CNCc2ccc(F)cc2C(F)(F)F)n1. The lowest BCUT2D eigenvalue weighted by atomic mass is 10.1. The third-order valence-electron chi connectivity index (χ3n) is 2.94. The zero-order chi connectivity index (χ0) is 15.5. The molecule has 112 valence electrons. The predicted octanol–water partition coefficient (Wildman–Crippen LogP) is 3.84. The Morgan fingerprint density at radius 2 is 1.86 bits per heavy atom. The molecule has 1 N–H and O–H groups in total. The van der Waals surface area contributed by atoms with Crippen LogP contribution >= 0.6 is 0 Å². The van der Waals surface area contributed by atoms with Gasteiger partial charge in [-0.3, -0.25) is 4.98 Å². The van der Waals surface area contributed by atoms with E-state index < -0.39 is 17.6 Å². The van der Waals surface area contributed by atoms with E-state index >= 15 is 0 Å². The molecule has 2 nitrogen and oxygen atoms in total. The van der Waals surface area contributed by atoms with Gasteiger partial charge in [-0.05, 0) is 36.8 Å². The van der Waals surface area contributed by atoms with Crippen molar-refractivity contribution in [3.63, 3.8) is 0 Å². The first-order chi connectivity index (χ1) is 9.86. The first kappa shape index (κ1) is 15.4. The minimum Gasteiger partial charge on any atom is -0.307 e. The topological polar surface area (TPSA) is 24.9 Å². The lowest BCUT2D eigenvalue weighted by molar-refractivity contribution is -0.138. The molecule has 21 heavy (non-hydrogen) atoms. The maximum absolute atomic E-state index is 13.0. The second-order valence-corrected chi connectivity index (χ2v) is 4.67. The summed E-state index contributed by atoms with van der Waals surface area (Å²) in [7, 11) is 0. The number of hydrogen-bond donors (Lipinski definition) is 1. The number of benzene rings is 1. The van der Waals surface area contributed by atoms with Gasteiger partial charge in [-0.1, -0.05) is 12.1 Å². The second-order valence-electron chi connectivity index (χ2n) is 4.67. The minimum atomic E-state index is -4.57. The molecule has 2 rings (SSSR count). The summed E-state index contributed by atoms with van der Waals surface area (Å²) >= 11 is 0. The maximum Gasteiger partial charge on any atom is 0.416 e. The first-order valence-corrected chi connectivity index (χ1v) is 6.35. The Hall–Kier alpha value is -1.95. The molecule has 2 aromatic rings. The number of alkyl halides is 3. The van der Waals surface area contributed by atoms with Gasteiger partial charge in [0.15, 0.2) is 0 Å². The van der Waals surface area contributed by atoms with E-state index in [-0.39, 0.29) is 12.1 Å². The molecular formula is C15H14F4N2. The number of nitrogens with zero attached hydrogens (tertiary/aromatic N) is 1. The summed E-state index contributed by atoms with van der Waals surface area (Å²) in [6, 6.07) is 8.15. The summed E-state index contributed by atoms with van der Waals surface area (Å²) < 4.78 is 51.5. The summed E-state index contributed by atoms with van der Waals surface area (Å²) in [5.41, 5.74) is 0.640. The van der Waals surface area contributed by atoms with Crippen LogP contribution in [0.2, 0.25) is 0 Å². The van der Waals surface area contributed by atoms with E-state index in [0.717, 1.165) is 23.5 Å². The van der Waals surface area contributed by atoms with E-state index in [1.807, 2.05) is 19.1 Å². The van der Waals surface area contributed by atoms with Crippen LogP contribution in [-0.2, 0) is 19.3 Å². The number of hydrogen-bond acceptors (Lipinski definition) is 2. The molecule has 0 aliphatic heterocycles. The van der Waals surface area contributed by atoms with Crippen molar-refractivity contribution in [1.82, 2.24) is 10.3 Å². The molecule has 0 bridgehead atoms. The highest BCUT2D eigenvalue weighted by molar-refractivity contribution is 5.30. The van der Waals surface area contributed by atoms with E-state index in [9.17, 15) is 17.6 Å². The van der Waals surface area contributed by atoms with Crippen molar-refractivity contribution in [3.8, 4) is 0 Å². The largest absolute Gasteiger partial charge is 0.416 e. The Balaban J connectivity index is 2.07. The van der Waals surface area contributed by atoms with Crippen LogP contribution in [0.25, 0.3) is 0 Å². The van der Waals surface area contributed by atoms with Crippen LogP contribution in [0.4, 0.5) is 17.6 Å². The highest BCUT2D eigenvalue weighted by atomic mass is 19.4. The Labute approximate surface area is 119 Å². The molecule has 0 amide bonds. The quantitative estimate of drug-likeness (QED) is 0.868. The van der Waals surface area contributed by atoms with Gasteiger partial charge in [0.2, 0.25) is 0 Å². The average Bonchev–Trinajstić information content (AvgIpc) is 2.39. The van der Waals surface area contributed by atoms with Gasteiger partial charge in [0.25, 0.3) is 0 Å². The zero-order valence-electron chi connectivity index (χ0n) is 11.3. The van der Waals surface area contributed by atoms with Crippen LogP contribution in [0.1, 0.15) is 22.5 Å². The van der Waals surface area contributed by atoms with Gasteiger partial charge in [0.05, 0.1) is 11.3 Å². The number of aryl methyl sites for hydroxylation is 1. The first-order valence-electron chi connectivity index (χ1n) is 6.35. The molecule has 6 heteroatoms. The fourth-order valence-electron chi connectivity index (χ4n) is 1.99. The van der Waals surface area contributed by atoms with Crippen LogP contribution < -0.4 is 5.32 Å². The van der Waals surface area contributed by atoms with Crippen molar-refractivity contribution in [2.45, 2.75) is 26.2 Å². The summed E-state index contributed by atoms with van der Waals surface area (Å²) in [4.78, 5) is 4.24. The molecule has 0 atom stereocenters. The zero-order valence-corrected chi connectivity index (χ0v) is 11.3. The van der Waals surface area contributed by atoms with E-state index in [1.54, 1.807) is 6.07 Å². The monoisotopic (exact) mass is 298 g/mol. The van der Waals surface area contributed by atoms with Crippen molar-refractivity contribution in [2.75, 3.05) is 0 Å². The fraction of sp³-hybridized carbons (Fsp3) is 0.267. The van der Waals surface area contributed by atoms with Crippen molar-refractivity contribution in [1.29, 1.82) is 0 Å². The number of rotatable bonds is 4. The van der Waals surface area contributed by atoms with Crippen molar-refractivity contribution < 1.29 is 17.6 Å². The lowest BCUT2D eigenvalue weighted by Crippen LogP contribution is -2.18. The van der Waals surface area contributed by atoms with Crippen molar-refractivity contribution in [3.05, 3.63) is 64.7 Å².